The Hall–Kier alpha value is -1.73. The molecule has 0 aromatic rings. The number of carbonyl (C=O) groups excluding carboxylic acids is 3. The molecule has 0 unspecified atom stereocenters. The largest absolute Gasteiger partial charge is 0.466 e. The lowest BCUT2D eigenvalue weighted by Crippen LogP contribution is -2.48. The lowest BCUT2D eigenvalue weighted by molar-refractivity contribution is -0.167. The zero-order valence-corrected chi connectivity index (χ0v) is 11.7. The molecule has 2 rings (SSSR count). The van der Waals surface area contributed by atoms with Crippen LogP contribution in [0.3, 0.4) is 0 Å². The molecule has 3 atom stereocenters. The first kappa shape index (κ1) is 14.7. The number of hydrogen-bond acceptors (Lipinski definition) is 7. The van der Waals surface area contributed by atoms with Crippen molar-refractivity contribution < 1.29 is 33.3 Å². The van der Waals surface area contributed by atoms with Gasteiger partial charge in [0.25, 0.3) is 0 Å². The molecule has 20 heavy (non-hydrogen) atoms. The van der Waals surface area contributed by atoms with E-state index in [0.717, 1.165) is 6.08 Å². The van der Waals surface area contributed by atoms with Crippen LogP contribution in [0.15, 0.2) is 11.6 Å². The van der Waals surface area contributed by atoms with Crippen molar-refractivity contribution in [3.63, 3.8) is 0 Å². The van der Waals surface area contributed by atoms with Crippen LogP contribution in [0.1, 0.15) is 20.8 Å². The molecule has 0 N–H and O–H groups in total. The monoisotopic (exact) mass is 284 g/mol. The Kier molecular flexibility index (Phi) is 3.66. The van der Waals surface area contributed by atoms with E-state index < -0.39 is 41.8 Å². The maximum Gasteiger partial charge on any atom is 0.337 e. The molecule has 7 nitrogen and oxygen atoms in total. The third-order valence-electron chi connectivity index (χ3n) is 3.03. The van der Waals surface area contributed by atoms with Crippen LogP contribution in [0.5, 0.6) is 0 Å². The Morgan fingerprint density at radius 3 is 2.50 bits per heavy atom. The average molecular weight is 284 g/mol. The molecular weight excluding hydrogens is 268 g/mol. The van der Waals surface area contributed by atoms with Gasteiger partial charge in [0.1, 0.15) is 6.10 Å². The van der Waals surface area contributed by atoms with Crippen molar-refractivity contribution in [3.05, 3.63) is 11.6 Å². The average Bonchev–Trinajstić information content (AvgIpc) is 2.67. The van der Waals surface area contributed by atoms with Crippen molar-refractivity contribution >= 4 is 17.7 Å². The van der Waals surface area contributed by atoms with E-state index in [9.17, 15) is 14.4 Å². The van der Waals surface area contributed by atoms with E-state index in [2.05, 4.69) is 4.74 Å². The van der Waals surface area contributed by atoms with Crippen molar-refractivity contribution in [2.45, 2.75) is 44.9 Å². The highest BCUT2D eigenvalue weighted by Gasteiger charge is 2.54. The predicted molar refractivity (Wildman–Crippen MR) is 64.5 cm³/mol. The van der Waals surface area contributed by atoms with E-state index in [1.807, 2.05) is 0 Å². The minimum absolute atomic E-state index is 0.0461. The standard InChI is InChI=1S/C13H16O7/c1-6(14)18-9-7(12(16)17-4)5-8(15)10-11(9)20-13(2,3)19-10/h5,9-11H,1-4H3/t9-,10-,11+/m0/s1. The molecule has 7 heteroatoms. The fraction of sp³-hybridized carbons (Fsp3) is 0.615. The first-order chi connectivity index (χ1) is 9.25. The maximum absolute atomic E-state index is 12.0. The Bertz CT molecular complexity index is 491. The molecule has 2 aliphatic rings. The van der Waals surface area contributed by atoms with Gasteiger partial charge in [-0.15, -0.1) is 0 Å². The van der Waals surface area contributed by atoms with Crippen molar-refractivity contribution in [2.24, 2.45) is 0 Å². The fourth-order valence-corrected chi connectivity index (χ4v) is 2.33. The van der Waals surface area contributed by atoms with E-state index in [-0.39, 0.29) is 5.57 Å². The fourth-order valence-electron chi connectivity index (χ4n) is 2.33. The molecule has 0 bridgehead atoms. The number of ketones is 1. The van der Waals surface area contributed by atoms with E-state index in [1.54, 1.807) is 13.8 Å². The molecule has 0 aromatic carbocycles. The summed E-state index contributed by atoms with van der Waals surface area (Å²) < 4.78 is 20.8. The second-order valence-corrected chi connectivity index (χ2v) is 5.04. The molecule has 0 amide bonds. The molecule has 1 aliphatic carbocycles. The van der Waals surface area contributed by atoms with Gasteiger partial charge in [-0.25, -0.2) is 4.79 Å². The smallest absolute Gasteiger partial charge is 0.337 e. The highest BCUT2D eigenvalue weighted by molar-refractivity contribution is 6.04. The molecule has 110 valence electrons. The lowest BCUT2D eigenvalue weighted by atomic mass is 9.90. The summed E-state index contributed by atoms with van der Waals surface area (Å²) in [5.41, 5.74) is -0.0461. The van der Waals surface area contributed by atoms with Crippen LogP contribution >= 0.6 is 0 Å². The van der Waals surface area contributed by atoms with Gasteiger partial charge >= 0.3 is 11.9 Å². The summed E-state index contributed by atoms with van der Waals surface area (Å²) in [6, 6.07) is 0. The highest BCUT2D eigenvalue weighted by atomic mass is 16.8. The first-order valence-electron chi connectivity index (χ1n) is 6.12. The van der Waals surface area contributed by atoms with Crippen LogP contribution in [0.2, 0.25) is 0 Å². The number of ether oxygens (including phenoxy) is 4. The summed E-state index contributed by atoms with van der Waals surface area (Å²) in [7, 11) is 1.18. The minimum atomic E-state index is -1.02. The minimum Gasteiger partial charge on any atom is -0.466 e. The molecule has 1 aliphatic heterocycles. The van der Waals surface area contributed by atoms with Crippen LogP contribution in [0.25, 0.3) is 0 Å². The van der Waals surface area contributed by atoms with Crippen LogP contribution in [-0.2, 0) is 33.3 Å². The Morgan fingerprint density at radius 2 is 1.95 bits per heavy atom. The summed E-state index contributed by atoms with van der Waals surface area (Å²) in [6.07, 6.45) is -1.70. The van der Waals surface area contributed by atoms with Crippen LogP contribution in [0.4, 0.5) is 0 Å². The van der Waals surface area contributed by atoms with Gasteiger partial charge in [-0.05, 0) is 19.9 Å². The van der Waals surface area contributed by atoms with E-state index >= 15 is 0 Å². The van der Waals surface area contributed by atoms with Crippen molar-refractivity contribution in [2.75, 3.05) is 7.11 Å². The topological polar surface area (TPSA) is 88.1 Å². The molecule has 0 radical (unpaired) electrons. The summed E-state index contributed by atoms with van der Waals surface area (Å²) in [6.45, 7) is 4.49. The molecular formula is C13H16O7. The summed E-state index contributed by atoms with van der Waals surface area (Å²) >= 11 is 0. The molecule has 0 saturated carbocycles. The van der Waals surface area contributed by atoms with E-state index in [1.165, 1.54) is 14.0 Å². The normalized spacial score (nSPS) is 31.3. The molecule has 1 fully saturated rings. The quantitative estimate of drug-likeness (QED) is 0.665. The SMILES string of the molecule is COC(=O)C1=CC(=O)[C@@H]2OC(C)(C)O[C@@H]2[C@H]1OC(C)=O. The van der Waals surface area contributed by atoms with E-state index in [0.29, 0.717) is 0 Å². The number of methoxy groups -OCH3 is 1. The first-order valence-corrected chi connectivity index (χ1v) is 6.12. The Balaban J connectivity index is 2.39. The van der Waals surface area contributed by atoms with Crippen molar-refractivity contribution in [3.8, 4) is 0 Å². The Labute approximate surface area is 115 Å². The van der Waals surface area contributed by atoms with Gasteiger partial charge in [-0.3, -0.25) is 9.59 Å². The van der Waals surface area contributed by atoms with Gasteiger partial charge in [0.05, 0.1) is 12.7 Å². The van der Waals surface area contributed by atoms with Crippen LogP contribution in [-0.4, -0.2) is 48.9 Å². The second-order valence-electron chi connectivity index (χ2n) is 5.04. The number of hydrogen-bond donors (Lipinski definition) is 0. The predicted octanol–water partition coefficient (Wildman–Crippen LogP) is 0.120. The van der Waals surface area contributed by atoms with Crippen LogP contribution in [0, 0.1) is 0 Å². The van der Waals surface area contributed by atoms with Crippen LogP contribution < -0.4 is 0 Å². The van der Waals surface area contributed by atoms with E-state index in [4.69, 9.17) is 14.2 Å². The third kappa shape index (κ3) is 2.59. The highest BCUT2D eigenvalue weighted by Crippen LogP contribution is 2.37. The van der Waals surface area contributed by atoms with Crippen molar-refractivity contribution in [1.82, 2.24) is 0 Å². The maximum atomic E-state index is 12.0. The number of fused-ring (bicyclic) bond motifs is 1. The zero-order valence-electron chi connectivity index (χ0n) is 11.7. The van der Waals surface area contributed by atoms with Crippen molar-refractivity contribution in [1.29, 1.82) is 0 Å². The van der Waals surface area contributed by atoms with Gasteiger partial charge in [-0.1, -0.05) is 0 Å². The lowest BCUT2D eigenvalue weighted by Gasteiger charge is -2.29. The summed E-state index contributed by atoms with van der Waals surface area (Å²) in [4.78, 5) is 34.9. The number of esters is 2. The second kappa shape index (κ2) is 4.99. The van der Waals surface area contributed by atoms with Gasteiger partial charge in [-0.2, -0.15) is 0 Å². The number of carbonyl (C=O) groups is 3. The van der Waals surface area contributed by atoms with Gasteiger partial charge in [0.15, 0.2) is 23.8 Å². The molecule has 0 aromatic heterocycles. The summed E-state index contributed by atoms with van der Waals surface area (Å²) in [5.74, 6) is -2.74. The van der Waals surface area contributed by atoms with Gasteiger partial charge < -0.3 is 18.9 Å². The molecule has 1 saturated heterocycles. The van der Waals surface area contributed by atoms with Gasteiger partial charge in [0.2, 0.25) is 0 Å². The molecule has 1 heterocycles. The Morgan fingerprint density at radius 1 is 1.30 bits per heavy atom. The summed E-state index contributed by atoms with van der Waals surface area (Å²) in [5, 5.41) is 0. The molecule has 0 spiro atoms. The number of rotatable bonds is 2. The third-order valence-corrected chi connectivity index (χ3v) is 3.03. The van der Waals surface area contributed by atoms with Gasteiger partial charge in [0, 0.05) is 6.92 Å². The zero-order chi connectivity index (χ0) is 15.1.